The second-order valence-corrected chi connectivity index (χ2v) is 9.37. The normalized spacial score (nSPS) is 13.4. The third kappa shape index (κ3) is 8.04. The maximum absolute atomic E-state index is 6.22. The molecule has 2 aromatic rings. The van der Waals surface area contributed by atoms with Gasteiger partial charge in [0.05, 0.1) is 0 Å². The van der Waals surface area contributed by atoms with Crippen LogP contribution in [0.3, 0.4) is 0 Å². The molecule has 184 valence electrons. The molecule has 2 unspecified atom stereocenters. The Morgan fingerprint density at radius 1 is 0.636 bits per heavy atom. The molecule has 0 bridgehead atoms. The van der Waals surface area contributed by atoms with Crippen molar-refractivity contribution in [2.45, 2.75) is 73.9 Å². The number of ether oxygens (including phenoxy) is 2. The lowest BCUT2D eigenvalue weighted by molar-refractivity contribution is 0.124. The molecule has 33 heavy (non-hydrogen) atoms. The van der Waals surface area contributed by atoms with E-state index in [1.54, 1.807) is 0 Å². The summed E-state index contributed by atoms with van der Waals surface area (Å²) < 4.78 is 12.4. The second kappa shape index (κ2) is 13.6. The number of nitrogens with zero attached hydrogens (tertiary/aromatic N) is 2. The van der Waals surface area contributed by atoms with Crippen molar-refractivity contribution in [2.24, 2.45) is 0 Å². The van der Waals surface area contributed by atoms with Gasteiger partial charge in [0.1, 0.15) is 24.7 Å². The number of likely N-dealkylation sites (N-methyl/N-ethyl adjacent to an activating group) is 2. The lowest BCUT2D eigenvalue weighted by atomic mass is 10.1. The van der Waals surface area contributed by atoms with Gasteiger partial charge in [-0.05, 0) is 96.4 Å². The van der Waals surface area contributed by atoms with Gasteiger partial charge < -0.3 is 9.47 Å². The summed E-state index contributed by atoms with van der Waals surface area (Å²) in [4.78, 5) is 5.05. The van der Waals surface area contributed by atoms with E-state index >= 15 is 0 Å². The summed E-state index contributed by atoms with van der Waals surface area (Å²) in [5.74, 6) is 2.07. The highest BCUT2D eigenvalue weighted by atomic mass is 16.5. The number of para-hydroxylation sites is 2. The highest BCUT2D eigenvalue weighted by molar-refractivity contribution is 5.40. The summed E-state index contributed by atoms with van der Waals surface area (Å²) in [6, 6.07) is 13.4. The molecule has 4 nitrogen and oxygen atoms in total. The fourth-order valence-electron chi connectivity index (χ4n) is 4.53. The van der Waals surface area contributed by atoms with Crippen LogP contribution in [0.2, 0.25) is 0 Å². The third-order valence-electron chi connectivity index (χ3n) is 6.70. The van der Waals surface area contributed by atoms with Crippen LogP contribution in [-0.2, 0) is 0 Å². The van der Waals surface area contributed by atoms with Crippen molar-refractivity contribution in [1.82, 2.24) is 9.80 Å². The highest BCUT2D eigenvalue weighted by Gasteiger charge is 2.17. The van der Waals surface area contributed by atoms with Crippen molar-refractivity contribution in [3.05, 3.63) is 58.7 Å². The summed E-state index contributed by atoms with van der Waals surface area (Å²) in [5, 5.41) is 0. The minimum absolute atomic E-state index is 0.383. The SMILES string of the molecule is CCN(CCCN(CC)C(C)COc1c(C)cccc1C)C(C)COc1c(C)cccc1C. The Morgan fingerprint density at radius 3 is 1.27 bits per heavy atom. The van der Waals surface area contributed by atoms with Gasteiger partial charge in [0, 0.05) is 12.1 Å². The first-order chi connectivity index (χ1) is 15.8. The maximum Gasteiger partial charge on any atom is 0.125 e. The standard InChI is InChI=1S/C29H46N2O2/c1-9-30(26(7)20-32-28-22(3)14-11-15-23(28)4)18-13-19-31(10-2)27(8)21-33-29-24(5)16-12-17-25(29)6/h11-12,14-17,26-27H,9-10,13,18-21H2,1-8H3. The van der Waals surface area contributed by atoms with Crippen molar-refractivity contribution in [3.8, 4) is 11.5 Å². The van der Waals surface area contributed by atoms with E-state index in [0.717, 1.165) is 57.3 Å². The van der Waals surface area contributed by atoms with Crippen molar-refractivity contribution >= 4 is 0 Å². The van der Waals surface area contributed by atoms with Crippen molar-refractivity contribution < 1.29 is 9.47 Å². The molecule has 4 heteroatoms. The molecule has 0 N–H and O–H groups in total. The Bertz CT molecular complexity index is 742. The van der Waals surface area contributed by atoms with Gasteiger partial charge >= 0.3 is 0 Å². The van der Waals surface area contributed by atoms with Crippen LogP contribution < -0.4 is 9.47 Å². The summed E-state index contributed by atoms with van der Waals surface area (Å²) >= 11 is 0. The van der Waals surface area contributed by atoms with Crippen LogP contribution in [0.4, 0.5) is 0 Å². The van der Waals surface area contributed by atoms with Crippen LogP contribution in [0.1, 0.15) is 56.4 Å². The van der Waals surface area contributed by atoms with Gasteiger partial charge in [0.15, 0.2) is 0 Å². The summed E-state index contributed by atoms with van der Waals surface area (Å²) in [6.45, 7) is 23.2. The maximum atomic E-state index is 6.22. The molecule has 0 radical (unpaired) electrons. The van der Waals surface area contributed by atoms with E-state index in [1.807, 2.05) is 0 Å². The molecule has 0 heterocycles. The molecule has 0 saturated heterocycles. The van der Waals surface area contributed by atoms with Crippen molar-refractivity contribution in [3.63, 3.8) is 0 Å². The topological polar surface area (TPSA) is 24.9 Å². The molecule has 2 atom stereocenters. The molecular weight excluding hydrogens is 408 g/mol. The fourth-order valence-corrected chi connectivity index (χ4v) is 4.53. The first kappa shape index (κ1) is 27.2. The van der Waals surface area contributed by atoms with Crippen molar-refractivity contribution in [2.75, 3.05) is 39.4 Å². The number of rotatable bonds is 14. The molecule has 0 aromatic heterocycles. The molecule has 0 amide bonds. The molecule has 2 aromatic carbocycles. The number of hydrogen-bond donors (Lipinski definition) is 0. The van der Waals surface area contributed by atoms with Crippen LogP contribution in [-0.4, -0.2) is 61.3 Å². The quantitative estimate of drug-likeness (QED) is 0.340. The second-order valence-electron chi connectivity index (χ2n) is 9.37. The first-order valence-electron chi connectivity index (χ1n) is 12.6. The van der Waals surface area contributed by atoms with E-state index in [4.69, 9.17) is 9.47 Å². The Balaban J connectivity index is 1.81. The number of aryl methyl sites for hydroxylation is 4. The van der Waals surface area contributed by atoms with E-state index in [-0.39, 0.29) is 0 Å². The van der Waals surface area contributed by atoms with Gasteiger partial charge in [-0.25, -0.2) is 0 Å². The third-order valence-corrected chi connectivity index (χ3v) is 6.70. The summed E-state index contributed by atoms with van der Waals surface area (Å²) in [6.07, 6.45) is 1.14. The highest BCUT2D eigenvalue weighted by Crippen LogP contribution is 2.24. The van der Waals surface area contributed by atoms with E-state index in [2.05, 4.69) is 102 Å². The Labute approximate surface area is 202 Å². The summed E-state index contributed by atoms with van der Waals surface area (Å²) in [5.41, 5.74) is 4.84. The predicted octanol–water partition coefficient (Wildman–Crippen LogP) is 6.19. The average Bonchev–Trinajstić information content (AvgIpc) is 2.78. The first-order valence-corrected chi connectivity index (χ1v) is 12.6. The van der Waals surface area contributed by atoms with E-state index < -0.39 is 0 Å². The Hall–Kier alpha value is -2.04. The van der Waals surface area contributed by atoms with Gasteiger partial charge in [-0.1, -0.05) is 50.2 Å². The smallest absolute Gasteiger partial charge is 0.125 e. The van der Waals surface area contributed by atoms with E-state index in [9.17, 15) is 0 Å². The minimum Gasteiger partial charge on any atom is -0.491 e. The van der Waals surface area contributed by atoms with Crippen LogP contribution in [0.15, 0.2) is 36.4 Å². The molecule has 2 rings (SSSR count). The zero-order chi connectivity index (χ0) is 24.4. The van der Waals surface area contributed by atoms with Crippen LogP contribution in [0.25, 0.3) is 0 Å². The van der Waals surface area contributed by atoms with Gasteiger partial charge in [-0.2, -0.15) is 0 Å². The lowest BCUT2D eigenvalue weighted by Gasteiger charge is -2.31. The van der Waals surface area contributed by atoms with Crippen LogP contribution in [0.5, 0.6) is 11.5 Å². The summed E-state index contributed by atoms with van der Waals surface area (Å²) in [7, 11) is 0. The van der Waals surface area contributed by atoms with E-state index in [1.165, 1.54) is 22.3 Å². The predicted molar refractivity (Wildman–Crippen MR) is 141 cm³/mol. The fraction of sp³-hybridized carbons (Fsp3) is 0.586. The molecule has 0 saturated carbocycles. The van der Waals surface area contributed by atoms with Crippen LogP contribution in [0, 0.1) is 27.7 Å². The largest absolute Gasteiger partial charge is 0.491 e. The van der Waals surface area contributed by atoms with Gasteiger partial charge in [0.25, 0.3) is 0 Å². The monoisotopic (exact) mass is 454 g/mol. The lowest BCUT2D eigenvalue weighted by Crippen LogP contribution is -2.41. The Morgan fingerprint density at radius 2 is 0.970 bits per heavy atom. The van der Waals surface area contributed by atoms with Gasteiger partial charge in [-0.15, -0.1) is 0 Å². The van der Waals surface area contributed by atoms with Crippen LogP contribution >= 0.6 is 0 Å². The Kier molecular flexibility index (Phi) is 11.2. The number of benzene rings is 2. The van der Waals surface area contributed by atoms with E-state index in [0.29, 0.717) is 12.1 Å². The average molecular weight is 455 g/mol. The number of hydrogen-bond acceptors (Lipinski definition) is 4. The zero-order valence-electron chi connectivity index (χ0n) is 22.3. The van der Waals surface area contributed by atoms with Gasteiger partial charge in [0.2, 0.25) is 0 Å². The van der Waals surface area contributed by atoms with Crippen molar-refractivity contribution in [1.29, 1.82) is 0 Å². The van der Waals surface area contributed by atoms with Gasteiger partial charge in [-0.3, -0.25) is 9.80 Å². The molecule has 0 spiro atoms. The molecule has 0 fully saturated rings. The minimum atomic E-state index is 0.383. The molecule has 0 aliphatic rings. The molecular formula is C29H46N2O2. The molecule has 0 aliphatic heterocycles. The zero-order valence-corrected chi connectivity index (χ0v) is 22.3. The molecule has 0 aliphatic carbocycles.